The standard InChI is InChI=1S/C10H18BNO3/c1-10(2,3)15-9(14)12-6-4-5-7(12)8(11)13/h7-8,13H,4-6H2,1-3H3. The molecule has 0 aromatic rings. The highest BCUT2D eigenvalue weighted by Crippen LogP contribution is 2.22. The molecule has 5 heteroatoms. The summed E-state index contributed by atoms with van der Waals surface area (Å²) in [7, 11) is 5.40. The van der Waals surface area contributed by atoms with Gasteiger partial charge in [-0.1, -0.05) is 0 Å². The third kappa shape index (κ3) is 3.41. The average Bonchev–Trinajstić information content (AvgIpc) is 2.47. The van der Waals surface area contributed by atoms with E-state index in [4.69, 9.17) is 12.6 Å². The molecule has 1 rings (SSSR count). The number of nitrogens with zero attached hydrogens (tertiary/aromatic N) is 1. The number of hydrogen-bond acceptors (Lipinski definition) is 3. The molecule has 0 bridgehead atoms. The van der Waals surface area contributed by atoms with Crippen LogP contribution >= 0.6 is 0 Å². The van der Waals surface area contributed by atoms with Gasteiger partial charge in [-0.15, -0.1) is 0 Å². The Labute approximate surface area is 92.0 Å². The van der Waals surface area contributed by atoms with Gasteiger partial charge in [0.1, 0.15) is 13.4 Å². The van der Waals surface area contributed by atoms with Crippen LogP contribution in [0.5, 0.6) is 0 Å². The SMILES string of the molecule is [B]C(O)C1CCCN1C(=O)OC(C)(C)C. The third-order valence-electron chi connectivity index (χ3n) is 2.32. The van der Waals surface area contributed by atoms with Crippen molar-refractivity contribution in [3.63, 3.8) is 0 Å². The molecule has 84 valence electrons. The summed E-state index contributed by atoms with van der Waals surface area (Å²) >= 11 is 0. The van der Waals surface area contributed by atoms with Crippen LogP contribution in [0.3, 0.4) is 0 Å². The molecule has 0 aliphatic carbocycles. The molecule has 0 aromatic heterocycles. The van der Waals surface area contributed by atoms with Gasteiger partial charge in [-0.05, 0) is 33.6 Å². The van der Waals surface area contributed by atoms with Crippen molar-refractivity contribution in [1.29, 1.82) is 0 Å². The second-order valence-electron chi connectivity index (χ2n) is 4.87. The van der Waals surface area contributed by atoms with Gasteiger partial charge in [0.05, 0.1) is 6.04 Å². The molecule has 2 radical (unpaired) electrons. The summed E-state index contributed by atoms with van der Waals surface area (Å²) in [6.45, 7) is 6.05. The van der Waals surface area contributed by atoms with Gasteiger partial charge in [0.15, 0.2) is 0 Å². The van der Waals surface area contributed by atoms with Crippen LogP contribution in [0.2, 0.25) is 0 Å². The predicted octanol–water partition coefficient (Wildman–Crippen LogP) is 0.873. The molecule has 1 N–H and O–H groups in total. The number of rotatable bonds is 1. The van der Waals surface area contributed by atoms with E-state index in [-0.39, 0.29) is 6.04 Å². The molecule has 4 nitrogen and oxygen atoms in total. The van der Waals surface area contributed by atoms with Crippen molar-refractivity contribution in [3.8, 4) is 0 Å². The highest BCUT2D eigenvalue weighted by Gasteiger charge is 2.34. The average molecular weight is 211 g/mol. The maximum Gasteiger partial charge on any atom is 0.410 e. The number of amides is 1. The lowest BCUT2D eigenvalue weighted by molar-refractivity contribution is 0.0144. The summed E-state index contributed by atoms with van der Waals surface area (Å²) < 4.78 is 5.22. The smallest absolute Gasteiger partial charge is 0.410 e. The molecule has 1 aliphatic heterocycles. The fourth-order valence-electron chi connectivity index (χ4n) is 1.69. The molecule has 2 atom stereocenters. The molecule has 1 aliphatic rings. The summed E-state index contributed by atoms with van der Waals surface area (Å²) in [5, 5.41) is 9.30. The number of aliphatic hydroxyl groups is 1. The van der Waals surface area contributed by atoms with Crippen molar-refractivity contribution in [1.82, 2.24) is 4.90 Å². The normalized spacial score (nSPS) is 24.0. The largest absolute Gasteiger partial charge is 0.444 e. The zero-order chi connectivity index (χ0) is 11.6. The van der Waals surface area contributed by atoms with Crippen LogP contribution < -0.4 is 0 Å². The van der Waals surface area contributed by atoms with E-state index < -0.39 is 17.7 Å². The van der Waals surface area contributed by atoms with Crippen LogP contribution in [0.1, 0.15) is 33.6 Å². The van der Waals surface area contributed by atoms with E-state index in [1.165, 1.54) is 4.90 Å². The van der Waals surface area contributed by atoms with Gasteiger partial charge >= 0.3 is 6.09 Å². The number of likely N-dealkylation sites (tertiary alicyclic amines) is 1. The highest BCUT2D eigenvalue weighted by atomic mass is 16.6. The third-order valence-corrected chi connectivity index (χ3v) is 2.32. The van der Waals surface area contributed by atoms with E-state index >= 15 is 0 Å². The molecule has 2 unspecified atom stereocenters. The van der Waals surface area contributed by atoms with Crippen molar-refractivity contribution < 1.29 is 14.6 Å². The van der Waals surface area contributed by atoms with E-state index in [0.29, 0.717) is 6.54 Å². The Kier molecular flexibility index (Phi) is 3.65. The Morgan fingerprint density at radius 1 is 1.60 bits per heavy atom. The van der Waals surface area contributed by atoms with Crippen LogP contribution in [-0.4, -0.2) is 48.1 Å². The summed E-state index contributed by atoms with van der Waals surface area (Å²) in [6.07, 6.45) is 1.20. The number of hydrogen-bond donors (Lipinski definition) is 1. The predicted molar refractivity (Wildman–Crippen MR) is 57.7 cm³/mol. The van der Waals surface area contributed by atoms with E-state index in [1.54, 1.807) is 0 Å². The van der Waals surface area contributed by atoms with E-state index in [1.807, 2.05) is 20.8 Å². The molecular weight excluding hydrogens is 193 g/mol. The zero-order valence-electron chi connectivity index (χ0n) is 9.56. The lowest BCUT2D eigenvalue weighted by Gasteiger charge is -2.30. The quantitative estimate of drug-likeness (QED) is 0.654. The van der Waals surface area contributed by atoms with Crippen LogP contribution in [0.4, 0.5) is 4.79 Å². The van der Waals surface area contributed by atoms with Crippen molar-refractivity contribution in [2.45, 2.75) is 51.3 Å². The van der Waals surface area contributed by atoms with Crippen LogP contribution in [0.15, 0.2) is 0 Å². The Bertz CT molecular complexity index is 237. The summed E-state index contributed by atoms with van der Waals surface area (Å²) in [5.74, 6) is 0. The Hall–Kier alpha value is -0.705. The van der Waals surface area contributed by atoms with Gasteiger partial charge in [-0.3, -0.25) is 0 Å². The number of carbonyl (C=O) groups excluding carboxylic acids is 1. The van der Waals surface area contributed by atoms with Crippen LogP contribution in [0.25, 0.3) is 0 Å². The maximum atomic E-state index is 11.7. The minimum Gasteiger partial charge on any atom is -0.444 e. The van der Waals surface area contributed by atoms with Crippen molar-refractivity contribution in [2.75, 3.05) is 6.54 Å². The van der Waals surface area contributed by atoms with Crippen molar-refractivity contribution >= 4 is 13.9 Å². The fraction of sp³-hybridized carbons (Fsp3) is 0.900. The lowest BCUT2D eigenvalue weighted by atomic mass is 9.91. The lowest BCUT2D eigenvalue weighted by Crippen LogP contribution is -2.45. The number of aliphatic hydroxyl groups excluding tert-OH is 1. The molecule has 1 fully saturated rings. The first-order valence-electron chi connectivity index (χ1n) is 5.24. The zero-order valence-corrected chi connectivity index (χ0v) is 9.56. The summed E-state index contributed by atoms with van der Waals surface area (Å²) in [4.78, 5) is 13.2. The molecule has 1 saturated heterocycles. The minimum atomic E-state index is -0.986. The van der Waals surface area contributed by atoms with Gasteiger partial charge in [-0.25, -0.2) is 4.79 Å². The van der Waals surface area contributed by atoms with Gasteiger partial charge in [0, 0.05) is 12.5 Å². The van der Waals surface area contributed by atoms with Crippen molar-refractivity contribution in [2.24, 2.45) is 0 Å². The van der Waals surface area contributed by atoms with Crippen LogP contribution in [-0.2, 0) is 4.74 Å². The number of ether oxygens (including phenoxy) is 1. The first kappa shape index (κ1) is 12.4. The van der Waals surface area contributed by atoms with Gasteiger partial charge in [0.25, 0.3) is 0 Å². The van der Waals surface area contributed by atoms with E-state index in [2.05, 4.69) is 0 Å². The Morgan fingerprint density at radius 3 is 2.67 bits per heavy atom. The van der Waals surface area contributed by atoms with Crippen LogP contribution in [0, 0.1) is 0 Å². The van der Waals surface area contributed by atoms with Gasteiger partial charge < -0.3 is 14.7 Å². The topological polar surface area (TPSA) is 49.8 Å². The minimum absolute atomic E-state index is 0.306. The molecule has 15 heavy (non-hydrogen) atoms. The number of carbonyl (C=O) groups is 1. The summed E-state index contributed by atoms with van der Waals surface area (Å²) in [6, 6.07) is -1.29. The monoisotopic (exact) mass is 211 g/mol. The second kappa shape index (κ2) is 4.43. The van der Waals surface area contributed by atoms with Crippen molar-refractivity contribution in [3.05, 3.63) is 0 Å². The first-order chi connectivity index (χ1) is 6.81. The molecule has 1 heterocycles. The Morgan fingerprint density at radius 2 is 2.20 bits per heavy atom. The molecular formula is C10H18BNO3. The first-order valence-corrected chi connectivity index (χ1v) is 5.24. The molecule has 0 aromatic carbocycles. The molecule has 0 saturated carbocycles. The van der Waals surface area contributed by atoms with Gasteiger partial charge in [0.2, 0.25) is 0 Å². The molecule has 1 amide bonds. The van der Waals surface area contributed by atoms with E-state index in [0.717, 1.165) is 12.8 Å². The second-order valence-corrected chi connectivity index (χ2v) is 4.87. The van der Waals surface area contributed by atoms with Gasteiger partial charge in [-0.2, -0.15) is 0 Å². The molecule has 0 spiro atoms. The highest BCUT2D eigenvalue weighted by molar-refractivity contribution is 6.11. The van der Waals surface area contributed by atoms with E-state index in [9.17, 15) is 9.90 Å². The Balaban J connectivity index is 2.59. The maximum absolute atomic E-state index is 11.7. The fourth-order valence-corrected chi connectivity index (χ4v) is 1.69. The summed E-state index contributed by atoms with van der Waals surface area (Å²) in [5.41, 5.74) is -0.510.